The van der Waals surface area contributed by atoms with Gasteiger partial charge in [-0.2, -0.15) is 0 Å². The monoisotopic (exact) mass is 183 g/mol. The first-order valence-corrected chi connectivity index (χ1v) is 4.29. The second-order valence-corrected chi connectivity index (χ2v) is 2.32. The van der Waals surface area contributed by atoms with Crippen LogP contribution in [0.1, 0.15) is 20.3 Å². The van der Waals surface area contributed by atoms with Crippen molar-refractivity contribution in [3.8, 4) is 0 Å². The highest BCUT2D eigenvalue weighted by Crippen LogP contribution is 2.01. The number of amidine groups is 1. The van der Waals surface area contributed by atoms with Gasteiger partial charge in [0.1, 0.15) is 6.61 Å². The Labute approximate surface area is 78.9 Å². The third-order valence-electron chi connectivity index (χ3n) is 1.41. The van der Waals surface area contributed by atoms with Gasteiger partial charge in [-0.3, -0.25) is 0 Å². The van der Waals surface area contributed by atoms with Crippen molar-refractivity contribution in [2.24, 2.45) is 16.6 Å². The molecule has 0 radical (unpaired) electrons. The third kappa shape index (κ3) is 4.90. The van der Waals surface area contributed by atoms with E-state index in [0.717, 1.165) is 12.0 Å². The van der Waals surface area contributed by atoms with E-state index in [1.807, 2.05) is 19.9 Å². The van der Waals surface area contributed by atoms with E-state index in [2.05, 4.69) is 5.16 Å². The Morgan fingerprint density at radius 1 is 1.46 bits per heavy atom. The number of hydrogen-bond acceptors (Lipinski definition) is 3. The Morgan fingerprint density at radius 3 is 2.62 bits per heavy atom. The lowest BCUT2D eigenvalue weighted by atomic mass is 10.2. The highest BCUT2D eigenvalue weighted by atomic mass is 16.6. The van der Waals surface area contributed by atoms with Gasteiger partial charge in [0.15, 0.2) is 5.84 Å². The van der Waals surface area contributed by atoms with Crippen LogP contribution in [0.3, 0.4) is 0 Å². The first-order valence-electron chi connectivity index (χ1n) is 4.29. The fraction of sp³-hybridized carbons (Fsp3) is 0.444. The van der Waals surface area contributed by atoms with Crippen LogP contribution >= 0.6 is 0 Å². The molecule has 0 saturated carbocycles. The summed E-state index contributed by atoms with van der Waals surface area (Å²) in [5.41, 5.74) is 11.7. The summed E-state index contributed by atoms with van der Waals surface area (Å²) in [6.07, 6.45) is 5.78. The molecule has 0 saturated heterocycles. The fourth-order valence-corrected chi connectivity index (χ4v) is 0.749. The molecule has 0 aromatic heterocycles. The van der Waals surface area contributed by atoms with E-state index < -0.39 is 0 Å². The zero-order valence-electron chi connectivity index (χ0n) is 8.16. The van der Waals surface area contributed by atoms with Gasteiger partial charge >= 0.3 is 0 Å². The van der Waals surface area contributed by atoms with Crippen molar-refractivity contribution in [3.05, 3.63) is 23.9 Å². The van der Waals surface area contributed by atoms with E-state index in [0.29, 0.717) is 12.4 Å². The Hall–Kier alpha value is -1.45. The summed E-state index contributed by atoms with van der Waals surface area (Å²) in [4.78, 5) is 4.82. The van der Waals surface area contributed by atoms with Gasteiger partial charge in [-0.1, -0.05) is 18.2 Å². The van der Waals surface area contributed by atoms with E-state index in [1.54, 1.807) is 6.08 Å². The minimum Gasteiger partial charge on any atom is -0.405 e. The lowest BCUT2D eigenvalue weighted by molar-refractivity contribution is 0.158. The molecule has 0 unspecified atom stereocenters. The van der Waals surface area contributed by atoms with Crippen LogP contribution in [0.15, 0.2) is 29.1 Å². The number of allylic oxidation sites excluding steroid dienone is 2. The second-order valence-electron chi connectivity index (χ2n) is 2.32. The van der Waals surface area contributed by atoms with Crippen molar-refractivity contribution in [1.29, 1.82) is 0 Å². The van der Waals surface area contributed by atoms with Gasteiger partial charge in [0.05, 0.1) is 0 Å². The van der Waals surface area contributed by atoms with Gasteiger partial charge in [-0.15, -0.1) is 0 Å². The SMILES string of the molecule is CCO/N=C(N)/C(=C/C=C\N)CC. The molecule has 13 heavy (non-hydrogen) atoms. The summed E-state index contributed by atoms with van der Waals surface area (Å²) in [7, 11) is 0. The first-order chi connectivity index (χ1) is 6.26. The Morgan fingerprint density at radius 2 is 2.15 bits per heavy atom. The molecular formula is C9H17N3O. The molecule has 0 rings (SSSR count). The van der Waals surface area contributed by atoms with Crippen LogP contribution in [0, 0.1) is 0 Å². The zero-order valence-corrected chi connectivity index (χ0v) is 8.16. The normalized spacial score (nSPS) is 13.7. The smallest absolute Gasteiger partial charge is 0.166 e. The van der Waals surface area contributed by atoms with Gasteiger partial charge in [-0.05, 0) is 31.2 Å². The minimum absolute atomic E-state index is 0.405. The van der Waals surface area contributed by atoms with E-state index in [4.69, 9.17) is 16.3 Å². The van der Waals surface area contributed by atoms with Gasteiger partial charge in [-0.25, -0.2) is 0 Å². The maximum Gasteiger partial charge on any atom is 0.166 e. The molecule has 4 nitrogen and oxygen atoms in total. The van der Waals surface area contributed by atoms with Crippen molar-refractivity contribution in [2.75, 3.05) is 6.61 Å². The van der Waals surface area contributed by atoms with Crippen molar-refractivity contribution >= 4 is 5.84 Å². The van der Waals surface area contributed by atoms with Crippen molar-refractivity contribution in [3.63, 3.8) is 0 Å². The molecule has 0 aliphatic carbocycles. The summed E-state index contributed by atoms with van der Waals surface area (Å²) in [5, 5.41) is 3.72. The molecule has 4 heteroatoms. The number of nitrogens with two attached hydrogens (primary N) is 2. The minimum atomic E-state index is 0.405. The largest absolute Gasteiger partial charge is 0.405 e. The Balaban J connectivity index is 4.38. The van der Waals surface area contributed by atoms with Gasteiger partial charge in [0, 0.05) is 0 Å². The van der Waals surface area contributed by atoms with Crippen LogP contribution in [0.25, 0.3) is 0 Å². The highest BCUT2D eigenvalue weighted by Gasteiger charge is 1.98. The maximum absolute atomic E-state index is 5.64. The average Bonchev–Trinajstić information content (AvgIpc) is 2.16. The standard InChI is InChI=1S/C9H17N3O/c1-3-8(6-5-7-10)9(11)12-13-4-2/h5-7H,3-4,10H2,1-2H3,(H2,11,12)/b7-5-,8-6+. The molecule has 4 N–H and O–H groups in total. The van der Waals surface area contributed by atoms with Gasteiger partial charge in [0.25, 0.3) is 0 Å². The van der Waals surface area contributed by atoms with E-state index in [-0.39, 0.29) is 0 Å². The molecule has 0 amide bonds. The molecule has 0 fully saturated rings. The summed E-state index contributed by atoms with van der Waals surface area (Å²) < 4.78 is 0. The summed E-state index contributed by atoms with van der Waals surface area (Å²) >= 11 is 0. The molecule has 0 aliphatic rings. The molecule has 0 bridgehead atoms. The first kappa shape index (κ1) is 11.6. The van der Waals surface area contributed by atoms with E-state index in [9.17, 15) is 0 Å². The summed E-state index contributed by atoms with van der Waals surface area (Å²) in [6.45, 7) is 4.36. The van der Waals surface area contributed by atoms with Crippen molar-refractivity contribution in [1.82, 2.24) is 0 Å². The molecule has 0 heterocycles. The molecule has 0 spiro atoms. The zero-order chi connectivity index (χ0) is 10.1. The number of nitrogens with zero attached hydrogens (tertiary/aromatic N) is 1. The van der Waals surface area contributed by atoms with Gasteiger partial charge < -0.3 is 16.3 Å². The highest BCUT2D eigenvalue weighted by molar-refractivity contribution is 5.96. The van der Waals surface area contributed by atoms with E-state index >= 15 is 0 Å². The molecule has 74 valence electrons. The van der Waals surface area contributed by atoms with Crippen LogP contribution < -0.4 is 11.5 Å². The van der Waals surface area contributed by atoms with Crippen LogP contribution in [0.2, 0.25) is 0 Å². The molecule has 0 aliphatic heterocycles. The van der Waals surface area contributed by atoms with Crippen LogP contribution in [0.4, 0.5) is 0 Å². The fourth-order valence-electron chi connectivity index (χ4n) is 0.749. The predicted molar refractivity (Wildman–Crippen MR) is 54.9 cm³/mol. The topological polar surface area (TPSA) is 73.6 Å². The lowest BCUT2D eigenvalue weighted by Gasteiger charge is -2.01. The molecular weight excluding hydrogens is 166 g/mol. The molecule has 0 atom stereocenters. The molecule has 0 aromatic carbocycles. The molecule has 0 aromatic rings. The lowest BCUT2D eigenvalue weighted by Crippen LogP contribution is -2.15. The van der Waals surface area contributed by atoms with Gasteiger partial charge in [0.2, 0.25) is 0 Å². The number of oxime groups is 1. The Bertz CT molecular complexity index is 219. The number of hydrogen-bond donors (Lipinski definition) is 2. The number of rotatable bonds is 5. The second kappa shape index (κ2) is 7.21. The van der Waals surface area contributed by atoms with Crippen LogP contribution in [-0.4, -0.2) is 12.4 Å². The van der Waals surface area contributed by atoms with Crippen LogP contribution in [0.5, 0.6) is 0 Å². The van der Waals surface area contributed by atoms with E-state index in [1.165, 1.54) is 6.20 Å². The van der Waals surface area contributed by atoms with Crippen LogP contribution in [-0.2, 0) is 4.84 Å². The average molecular weight is 183 g/mol. The summed E-state index contributed by atoms with van der Waals surface area (Å²) in [5.74, 6) is 0.405. The predicted octanol–water partition coefficient (Wildman–Crippen LogP) is 1.10. The third-order valence-corrected chi connectivity index (χ3v) is 1.41. The van der Waals surface area contributed by atoms with Crippen molar-refractivity contribution in [2.45, 2.75) is 20.3 Å². The summed E-state index contributed by atoms with van der Waals surface area (Å²) in [6, 6.07) is 0. The quantitative estimate of drug-likeness (QED) is 0.290. The Kier molecular flexibility index (Phi) is 6.41. The van der Waals surface area contributed by atoms with Crippen molar-refractivity contribution < 1.29 is 4.84 Å². The maximum atomic E-state index is 5.64.